The Balaban J connectivity index is 2.43. The first-order valence-electron chi connectivity index (χ1n) is 5.14. The van der Waals surface area contributed by atoms with Gasteiger partial charge in [0.1, 0.15) is 12.0 Å². The summed E-state index contributed by atoms with van der Waals surface area (Å²) in [6.45, 7) is 1.86. The standard InChI is InChI=1S/C11H12FN3O3/c1-2-18-10(16)7-13-15-11(17)14-9-6-4-3-5-8(9)12/h3-7H,2H2,1H3,(H2,14,15,17). The van der Waals surface area contributed by atoms with E-state index >= 15 is 0 Å². The van der Waals surface area contributed by atoms with Gasteiger partial charge >= 0.3 is 12.0 Å². The summed E-state index contributed by atoms with van der Waals surface area (Å²) in [6, 6.07) is 4.90. The summed E-state index contributed by atoms with van der Waals surface area (Å²) < 4.78 is 17.7. The number of carbonyl (C=O) groups excluding carboxylic acids is 2. The molecule has 0 saturated heterocycles. The normalized spacial score (nSPS) is 10.1. The molecule has 0 aliphatic carbocycles. The lowest BCUT2D eigenvalue weighted by molar-refractivity contribution is -0.134. The lowest BCUT2D eigenvalue weighted by Crippen LogP contribution is -2.25. The van der Waals surface area contributed by atoms with Gasteiger partial charge in [-0.3, -0.25) is 0 Å². The minimum absolute atomic E-state index is 0.0151. The number of ether oxygens (including phenoxy) is 1. The molecule has 18 heavy (non-hydrogen) atoms. The van der Waals surface area contributed by atoms with Gasteiger partial charge in [0.2, 0.25) is 0 Å². The zero-order valence-electron chi connectivity index (χ0n) is 9.64. The van der Waals surface area contributed by atoms with Crippen LogP contribution >= 0.6 is 0 Å². The van der Waals surface area contributed by atoms with Crippen LogP contribution in [0.25, 0.3) is 0 Å². The molecule has 0 atom stereocenters. The second-order valence-electron chi connectivity index (χ2n) is 3.06. The van der Waals surface area contributed by atoms with E-state index in [-0.39, 0.29) is 12.3 Å². The van der Waals surface area contributed by atoms with Gasteiger partial charge in [0.25, 0.3) is 0 Å². The molecule has 1 aromatic rings. The number of para-hydroxylation sites is 1. The van der Waals surface area contributed by atoms with Crippen LogP contribution in [0, 0.1) is 5.82 Å². The Morgan fingerprint density at radius 1 is 1.44 bits per heavy atom. The van der Waals surface area contributed by atoms with Crippen LogP contribution in [0.3, 0.4) is 0 Å². The molecular formula is C11H12FN3O3. The quantitative estimate of drug-likeness (QED) is 0.484. The molecule has 1 aromatic carbocycles. The first-order valence-corrected chi connectivity index (χ1v) is 5.14. The van der Waals surface area contributed by atoms with Crippen molar-refractivity contribution >= 4 is 23.9 Å². The number of nitrogens with zero attached hydrogens (tertiary/aromatic N) is 1. The van der Waals surface area contributed by atoms with E-state index in [1.54, 1.807) is 13.0 Å². The topological polar surface area (TPSA) is 79.8 Å². The molecule has 7 heteroatoms. The smallest absolute Gasteiger partial charge is 0.351 e. The second kappa shape index (κ2) is 7.00. The van der Waals surface area contributed by atoms with E-state index in [2.05, 4.69) is 15.2 Å². The molecular weight excluding hydrogens is 241 g/mol. The lowest BCUT2D eigenvalue weighted by Gasteiger charge is -2.04. The maximum atomic E-state index is 13.1. The zero-order chi connectivity index (χ0) is 13.4. The molecule has 0 saturated carbocycles. The molecule has 0 radical (unpaired) electrons. The number of anilines is 1. The summed E-state index contributed by atoms with van der Waals surface area (Å²) >= 11 is 0. The third-order valence-electron chi connectivity index (χ3n) is 1.74. The van der Waals surface area contributed by atoms with Gasteiger partial charge < -0.3 is 10.1 Å². The molecule has 2 N–H and O–H groups in total. The first-order chi connectivity index (χ1) is 8.63. The summed E-state index contributed by atoms with van der Waals surface area (Å²) in [5, 5.41) is 5.56. The summed E-state index contributed by atoms with van der Waals surface area (Å²) in [5.74, 6) is -1.24. The van der Waals surface area contributed by atoms with Crippen LogP contribution in [0.2, 0.25) is 0 Å². The van der Waals surface area contributed by atoms with Crippen molar-refractivity contribution in [2.24, 2.45) is 5.10 Å². The van der Waals surface area contributed by atoms with Gasteiger partial charge in [0.15, 0.2) is 0 Å². The van der Waals surface area contributed by atoms with Crippen LogP contribution in [0.5, 0.6) is 0 Å². The largest absolute Gasteiger partial charge is 0.462 e. The Morgan fingerprint density at radius 2 is 2.17 bits per heavy atom. The maximum absolute atomic E-state index is 13.1. The van der Waals surface area contributed by atoms with Crippen molar-refractivity contribution in [1.82, 2.24) is 5.43 Å². The Bertz CT molecular complexity index is 463. The number of hydrogen-bond acceptors (Lipinski definition) is 4. The molecule has 0 spiro atoms. The molecule has 0 unspecified atom stereocenters. The molecule has 0 aromatic heterocycles. The van der Waals surface area contributed by atoms with Crippen LogP contribution in [0.1, 0.15) is 6.92 Å². The third kappa shape index (κ3) is 4.60. The third-order valence-corrected chi connectivity index (χ3v) is 1.74. The van der Waals surface area contributed by atoms with Crippen molar-refractivity contribution in [1.29, 1.82) is 0 Å². The highest BCUT2D eigenvalue weighted by atomic mass is 19.1. The maximum Gasteiger partial charge on any atom is 0.351 e. The fourth-order valence-electron chi connectivity index (χ4n) is 1.04. The van der Waals surface area contributed by atoms with Crippen molar-refractivity contribution < 1.29 is 18.7 Å². The fraction of sp³-hybridized carbons (Fsp3) is 0.182. The number of rotatable bonds is 4. The summed E-state index contributed by atoms with van der Waals surface area (Å²) in [6.07, 6.45) is 0.810. The Labute approximate surface area is 103 Å². The molecule has 0 aliphatic rings. The molecule has 2 amide bonds. The highest BCUT2D eigenvalue weighted by Gasteiger charge is 2.04. The van der Waals surface area contributed by atoms with Gasteiger partial charge in [-0.1, -0.05) is 12.1 Å². The molecule has 0 aliphatic heterocycles. The molecule has 6 nitrogen and oxygen atoms in total. The number of carbonyl (C=O) groups is 2. The molecule has 1 rings (SSSR count). The van der Waals surface area contributed by atoms with E-state index in [0.29, 0.717) is 0 Å². The number of nitrogens with one attached hydrogen (secondary N) is 2. The van der Waals surface area contributed by atoms with Crippen molar-refractivity contribution in [3.05, 3.63) is 30.1 Å². The van der Waals surface area contributed by atoms with Crippen LogP contribution in [0.4, 0.5) is 14.9 Å². The zero-order valence-corrected chi connectivity index (χ0v) is 9.64. The average molecular weight is 253 g/mol. The van der Waals surface area contributed by atoms with Gasteiger partial charge in [-0.2, -0.15) is 5.10 Å². The van der Waals surface area contributed by atoms with Crippen LogP contribution in [-0.4, -0.2) is 24.8 Å². The van der Waals surface area contributed by atoms with E-state index in [9.17, 15) is 14.0 Å². The van der Waals surface area contributed by atoms with E-state index in [4.69, 9.17) is 0 Å². The van der Waals surface area contributed by atoms with Crippen LogP contribution in [0.15, 0.2) is 29.4 Å². The monoisotopic (exact) mass is 253 g/mol. The predicted octanol–water partition coefficient (Wildman–Crippen LogP) is 1.50. The van der Waals surface area contributed by atoms with Gasteiger partial charge in [-0.05, 0) is 19.1 Å². The average Bonchev–Trinajstić information content (AvgIpc) is 2.32. The summed E-state index contributed by atoms with van der Waals surface area (Å²) in [5.41, 5.74) is 2.01. The highest BCUT2D eigenvalue weighted by Crippen LogP contribution is 2.11. The highest BCUT2D eigenvalue weighted by molar-refractivity contribution is 6.23. The van der Waals surface area contributed by atoms with Gasteiger partial charge in [0.05, 0.1) is 12.3 Å². The van der Waals surface area contributed by atoms with Gasteiger partial charge in [0, 0.05) is 0 Å². The fourth-order valence-corrected chi connectivity index (χ4v) is 1.04. The molecule has 0 bridgehead atoms. The van der Waals surface area contributed by atoms with Crippen molar-refractivity contribution in [3.63, 3.8) is 0 Å². The minimum Gasteiger partial charge on any atom is -0.462 e. The first kappa shape index (κ1) is 13.6. The minimum atomic E-state index is -0.763. The van der Waals surface area contributed by atoms with Crippen LogP contribution < -0.4 is 10.7 Å². The van der Waals surface area contributed by atoms with E-state index in [0.717, 1.165) is 6.21 Å². The Kier molecular flexibility index (Phi) is 5.30. The van der Waals surface area contributed by atoms with Crippen molar-refractivity contribution in [2.75, 3.05) is 11.9 Å². The van der Waals surface area contributed by atoms with Gasteiger partial charge in [-0.25, -0.2) is 19.4 Å². The van der Waals surface area contributed by atoms with Crippen molar-refractivity contribution in [2.45, 2.75) is 6.92 Å². The Hall–Kier alpha value is -2.44. The number of urea groups is 1. The summed E-state index contributed by atoms with van der Waals surface area (Å²) in [7, 11) is 0. The number of benzene rings is 1. The number of hydrogen-bond donors (Lipinski definition) is 2. The number of amides is 2. The molecule has 96 valence electrons. The van der Waals surface area contributed by atoms with Crippen molar-refractivity contribution in [3.8, 4) is 0 Å². The summed E-state index contributed by atoms with van der Waals surface area (Å²) in [4.78, 5) is 22.1. The number of hydrazone groups is 1. The lowest BCUT2D eigenvalue weighted by atomic mass is 10.3. The second-order valence-corrected chi connectivity index (χ2v) is 3.06. The van der Waals surface area contributed by atoms with E-state index < -0.39 is 17.8 Å². The SMILES string of the molecule is CCOC(=O)C=NNC(=O)Nc1ccccc1F. The number of halogens is 1. The molecule has 0 fully saturated rings. The number of esters is 1. The molecule has 0 heterocycles. The van der Waals surface area contributed by atoms with E-state index in [1.165, 1.54) is 18.2 Å². The predicted molar refractivity (Wildman–Crippen MR) is 63.7 cm³/mol. The van der Waals surface area contributed by atoms with Crippen LogP contribution in [-0.2, 0) is 9.53 Å². The van der Waals surface area contributed by atoms with Gasteiger partial charge in [-0.15, -0.1) is 0 Å². The van der Waals surface area contributed by atoms with E-state index in [1.807, 2.05) is 5.43 Å². The Morgan fingerprint density at radius 3 is 2.83 bits per heavy atom.